The lowest BCUT2D eigenvalue weighted by Gasteiger charge is -2.23. The summed E-state index contributed by atoms with van der Waals surface area (Å²) in [7, 11) is 0. The van der Waals surface area contributed by atoms with Crippen LogP contribution in [0.5, 0.6) is 0 Å². The molecule has 0 atom stereocenters. The van der Waals surface area contributed by atoms with Gasteiger partial charge in [-0.15, -0.1) is 0 Å². The lowest BCUT2D eigenvalue weighted by Crippen LogP contribution is -2.41. The van der Waals surface area contributed by atoms with Gasteiger partial charge in [0.15, 0.2) is 0 Å². The molecule has 144 valence electrons. The summed E-state index contributed by atoms with van der Waals surface area (Å²) < 4.78 is 38.6. The predicted molar refractivity (Wildman–Crippen MR) is 98.7 cm³/mol. The van der Waals surface area contributed by atoms with Gasteiger partial charge in [0.25, 0.3) is 0 Å². The maximum absolute atomic E-state index is 12.9. The first-order valence-corrected chi connectivity index (χ1v) is 8.35. The summed E-state index contributed by atoms with van der Waals surface area (Å²) in [6.07, 6.45) is -4.58. The van der Waals surface area contributed by atoms with Gasteiger partial charge >= 0.3 is 6.18 Å². The van der Waals surface area contributed by atoms with E-state index in [1.165, 1.54) is 13.8 Å². The Labute approximate surface area is 159 Å². The van der Waals surface area contributed by atoms with Gasteiger partial charge in [-0.2, -0.15) is 13.2 Å². The Hall–Kier alpha value is -2.54. The quantitative estimate of drug-likeness (QED) is 0.689. The van der Waals surface area contributed by atoms with Crippen LogP contribution < -0.4 is 10.6 Å². The van der Waals surface area contributed by atoms with Crippen molar-refractivity contribution in [3.8, 4) is 0 Å². The zero-order valence-corrected chi connectivity index (χ0v) is 15.6. The van der Waals surface area contributed by atoms with Crippen molar-refractivity contribution in [2.45, 2.75) is 26.9 Å². The summed E-state index contributed by atoms with van der Waals surface area (Å²) in [4.78, 5) is 25.0. The highest BCUT2D eigenvalue weighted by atomic mass is 35.5. The van der Waals surface area contributed by atoms with Gasteiger partial charge in [-0.3, -0.25) is 9.59 Å². The largest absolute Gasteiger partial charge is 0.416 e. The molecule has 4 nitrogen and oxygen atoms in total. The molecule has 8 heteroatoms. The molecule has 0 aromatic heterocycles. The number of halogens is 4. The topological polar surface area (TPSA) is 58.2 Å². The maximum Gasteiger partial charge on any atom is 0.416 e. The molecular weight excluding hydrogens is 381 g/mol. The normalized spacial score (nSPS) is 11.8. The Balaban J connectivity index is 2.19. The Morgan fingerprint density at radius 3 is 2.19 bits per heavy atom. The van der Waals surface area contributed by atoms with Crippen LogP contribution in [0.25, 0.3) is 0 Å². The van der Waals surface area contributed by atoms with Gasteiger partial charge in [0.2, 0.25) is 11.8 Å². The highest BCUT2D eigenvalue weighted by Gasteiger charge is 2.37. The van der Waals surface area contributed by atoms with Crippen LogP contribution in [-0.4, -0.2) is 11.8 Å². The number of carbonyl (C=O) groups is 2. The fourth-order valence-corrected chi connectivity index (χ4v) is 2.35. The molecule has 2 aromatic rings. The van der Waals surface area contributed by atoms with Gasteiger partial charge in [0, 0.05) is 5.69 Å². The zero-order valence-electron chi connectivity index (χ0n) is 14.9. The number of rotatable bonds is 4. The van der Waals surface area contributed by atoms with Crippen LogP contribution in [0.15, 0.2) is 42.5 Å². The van der Waals surface area contributed by atoms with Gasteiger partial charge in [0.1, 0.15) is 5.41 Å². The Morgan fingerprint density at radius 1 is 0.963 bits per heavy atom. The van der Waals surface area contributed by atoms with Crippen molar-refractivity contribution in [2.75, 3.05) is 10.6 Å². The molecule has 0 saturated heterocycles. The second-order valence-corrected chi connectivity index (χ2v) is 7.00. The molecular formula is C19H18ClF3N2O2. The molecule has 2 rings (SSSR count). The van der Waals surface area contributed by atoms with Crippen molar-refractivity contribution in [3.05, 3.63) is 58.6 Å². The first-order valence-electron chi connectivity index (χ1n) is 7.97. The molecule has 0 saturated carbocycles. The van der Waals surface area contributed by atoms with Crippen molar-refractivity contribution < 1.29 is 22.8 Å². The molecule has 27 heavy (non-hydrogen) atoms. The van der Waals surface area contributed by atoms with Gasteiger partial charge in [0.05, 0.1) is 16.3 Å². The molecule has 0 fully saturated rings. The number of hydrogen-bond donors (Lipinski definition) is 2. The molecule has 0 aliphatic carbocycles. The van der Waals surface area contributed by atoms with Crippen LogP contribution in [0.3, 0.4) is 0 Å². The monoisotopic (exact) mass is 398 g/mol. The van der Waals surface area contributed by atoms with Gasteiger partial charge in [-0.1, -0.05) is 23.7 Å². The van der Waals surface area contributed by atoms with E-state index in [9.17, 15) is 22.8 Å². The second kappa shape index (κ2) is 7.60. The van der Waals surface area contributed by atoms with E-state index in [1.54, 1.807) is 18.2 Å². The van der Waals surface area contributed by atoms with E-state index >= 15 is 0 Å². The minimum absolute atomic E-state index is 0.0637. The highest BCUT2D eigenvalue weighted by Crippen LogP contribution is 2.34. The molecule has 0 radical (unpaired) electrons. The lowest BCUT2D eigenvalue weighted by atomic mass is 9.90. The fourth-order valence-electron chi connectivity index (χ4n) is 2.19. The van der Waals surface area contributed by atoms with E-state index in [0.717, 1.165) is 23.8 Å². The van der Waals surface area contributed by atoms with Crippen LogP contribution in [0, 0.1) is 12.3 Å². The van der Waals surface area contributed by atoms with E-state index in [-0.39, 0.29) is 10.7 Å². The van der Waals surface area contributed by atoms with E-state index in [1.807, 2.05) is 13.0 Å². The summed E-state index contributed by atoms with van der Waals surface area (Å²) in [5.74, 6) is -1.39. The molecule has 0 unspecified atom stereocenters. The Morgan fingerprint density at radius 2 is 1.59 bits per heavy atom. The number of anilines is 2. The van der Waals surface area contributed by atoms with E-state index < -0.39 is 29.0 Å². The first kappa shape index (κ1) is 20.8. The molecule has 0 aliphatic heterocycles. The number of benzene rings is 2. The molecule has 0 bridgehead atoms. The summed E-state index contributed by atoms with van der Waals surface area (Å²) in [5.41, 5.74) is -1.29. The van der Waals surface area contributed by atoms with Crippen LogP contribution >= 0.6 is 11.6 Å². The number of carbonyl (C=O) groups excluding carboxylic acids is 2. The number of hydrogen-bond acceptors (Lipinski definition) is 2. The summed E-state index contributed by atoms with van der Waals surface area (Å²) >= 11 is 5.88. The molecule has 0 aliphatic rings. The SMILES string of the molecule is Cc1cccc(NC(=O)C(C)(C)C(=O)Nc2cc(C(F)(F)F)ccc2Cl)c1. The molecule has 2 aromatic carbocycles. The lowest BCUT2D eigenvalue weighted by molar-refractivity contribution is -0.138. The molecule has 0 heterocycles. The average Bonchev–Trinajstić information content (AvgIpc) is 2.55. The highest BCUT2D eigenvalue weighted by molar-refractivity contribution is 6.34. The van der Waals surface area contributed by atoms with Crippen molar-refractivity contribution in [1.82, 2.24) is 0 Å². The van der Waals surface area contributed by atoms with Crippen molar-refractivity contribution >= 4 is 34.8 Å². The third kappa shape index (κ3) is 5.01. The zero-order chi connectivity index (χ0) is 20.4. The number of aryl methyl sites for hydroxylation is 1. The third-order valence-corrected chi connectivity index (χ3v) is 4.28. The smallest absolute Gasteiger partial charge is 0.325 e. The van der Waals surface area contributed by atoms with Crippen LogP contribution in [0.4, 0.5) is 24.5 Å². The second-order valence-electron chi connectivity index (χ2n) is 6.60. The third-order valence-electron chi connectivity index (χ3n) is 3.95. The van der Waals surface area contributed by atoms with Crippen LogP contribution in [0.2, 0.25) is 5.02 Å². The molecule has 2 amide bonds. The van der Waals surface area contributed by atoms with Crippen LogP contribution in [0.1, 0.15) is 25.0 Å². The van der Waals surface area contributed by atoms with E-state index in [0.29, 0.717) is 5.69 Å². The van der Waals surface area contributed by atoms with Crippen LogP contribution in [-0.2, 0) is 15.8 Å². The minimum atomic E-state index is -4.58. The predicted octanol–water partition coefficient (Wildman–Crippen LogP) is 5.27. The Bertz CT molecular complexity index is 879. The van der Waals surface area contributed by atoms with Gasteiger partial charge in [-0.25, -0.2) is 0 Å². The van der Waals surface area contributed by atoms with Crippen molar-refractivity contribution in [3.63, 3.8) is 0 Å². The number of nitrogens with one attached hydrogen (secondary N) is 2. The van der Waals surface area contributed by atoms with E-state index in [2.05, 4.69) is 10.6 Å². The Kier molecular flexibility index (Phi) is 5.85. The molecule has 0 spiro atoms. The molecule has 2 N–H and O–H groups in total. The number of amides is 2. The van der Waals surface area contributed by atoms with Crippen molar-refractivity contribution in [2.24, 2.45) is 5.41 Å². The van der Waals surface area contributed by atoms with Gasteiger partial charge in [-0.05, 0) is 56.7 Å². The number of alkyl halides is 3. The summed E-state index contributed by atoms with van der Waals surface area (Å²) in [5, 5.41) is 4.87. The average molecular weight is 399 g/mol. The standard InChI is InChI=1S/C19H18ClF3N2O2/c1-11-5-4-6-13(9-11)24-16(26)18(2,3)17(27)25-15-10-12(19(21,22)23)7-8-14(15)20/h4-10H,1-3H3,(H,24,26)(H,25,27). The van der Waals surface area contributed by atoms with E-state index in [4.69, 9.17) is 11.6 Å². The maximum atomic E-state index is 12.9. The van der Waals surface area contributed by atoms with Gasteiger partial charge < -0.3 is 10.6 Å². The summed E-state index contributed by atoms with van der Waals surface area (Å²) in [6.45, 7) is 4.59. The van der Waals surface area contributed by atoms with Crippen molar-refractivity contribution in [1.29, 1.82) is 0 Å². The minimum Gasteiger partial charge on any atom is -0.325 e. The summed E-state index contributed by atoms with van der Waals surface area (Å²) in [6, 6.07) is 9.59. The first-order chi connectivity index (χ1) is 12.4. The fraction of sp³-hybridized carbons (Fsp3) is 0.263.